The average molecular weight is 347 g/mol. The fraction of sp³-hybridized carbons (Fsp3) is 0.733. The molecule has 0 aromatic rings. The third kappa shape index (κ3) is 5.45. The normalized spacial score (nSPS) is 26.3. The molecule has 5 N–H and O–H groups in total. The first-order valence-electron chi connectivity index (χ1n) is 7.64. The zero-order valence-corrected chi connectivity index (χ0v) is 13.9. The summed E-state index contributed by atoms with van der Waals surface area (Å²) in [6, 6.07) is -0.930. The molecule has 1 heterocycles. The number of hydrogen-bond donors (Lipinski definition) is 5. The Labute approximate surface area is 139 Å². The van der Waals surface area contributed by atoms with E-state index in [1.165, 1.54) is 13.0 Å². The number of rotatable bonds is 8. The fourth-order valence-electron chi connectivity index (χ4n) is 2.28. The van der Waals surface area contributed by atoms with E-state index >= 15 is 0 Å². The highest BCUT2D eigenvalue weighted by Crippen LogP contribution is 2.25. The van der Waals surface area contributed by atoms with E-state index in [2.05, 4.69) is 5.32 Å². The number of aliphatic hydroxyl groups is 3. The van der Waals surface area contributed by atoms with Crippen molar-refractivity contribution in [2.75, 3.05) is 13.2 Å². The van der Waals surface area contributed by atoms with Gasteiger partial charge < -0.3 is 35.2 Å². The van der Waals surface area contributed by atoms with E-state index in [9.17, 15) is 19.8 Å². The lowest BCUT2D eigenvalue weighted by atomic mass is 9.93. The van der Waals surface area contributed by atoms with Crippen molar-refractivity contribution in [3.05, 3.63) is 11.8 Å². The number of aliphatic carboxylic acids is 1. The second-order valence-corrected chi connectivity index (χ2v) is 6.08. The molecule has 0 spiro atoms. The minimum atomic E-state index is -1.62. The van der Waals surface area contributed by atoms with E-state index in [-0.39, 0.29) is 12.5 Å². The number of ether oxygens (including phenoxy) is 2. The first-order valence-corrected chi connectivity index (χ1v) is 7.64. The van der Waals surface area contributed by atoms with Crippen molar-refractivity contribution in [1.29, 1.82) is 0 Å². The van der Waals surface area contributed by atoms with E-state index in [1.54, 1.807) is 0 Å². The Bertz CT molecular complexity index is 478. The molecule has 0 radical (unpaired) electrons. The molecule has 0 aromatic heterocycles. The number of aliphatic hydroxyl groups excluding tert-OH is 3. The van der Waals surface area contributed by atoms with Gasteiger partial charge in [0.2, 0.25) is 11.7 Å². The molecule has 0 fully saturated rings. The van der Waals surface area contributed by atoms with Crippen LogP contribution in [0.4, 0.5) is 0 Å². The van der Waals surface area contributed by atoms with Crippen molar-refractivity contribution in [1.82, 2.24) is 5.32 Å². The Hall–Kier alpha value is -1.68. The highest BCUT2D eigenvalue weighted by atomic mass is 16.5. The van der Waals surface area contributed by atoms with Crippen LogP contribution in [0.1, 0.15) is 20.8 Å². The van der Waals surface area contributed by atoms with Gasteiger partial charge in [-0.25, -0.2) is 4.79 Å². The van der Waals surface area contributed by atoms with Crippen molar-refractivity contribution in [3.63, 3.8) is 0 Å². The molecule has 138 valence electrons. The van der Waals surface area contributed by atoms with Crippen LogP contribution >= 0.6 is 0 Å². The third-order valence-corrected chi connectivity index (χ3v) is 3.41. The van der Waals surface area contributed by atoms with Crippen LogP contribution in [0.2, 0.25) is 0 Å². The maximum absolute atomic E-state index is 11.5. The van der Waals surface area contributed by atoms with Gasteiger partial charge in [0.05, 0.1) is 12.6 Å². The van der Waals surface area contributed by atoms with Crippen molar-refractivity contribution in [2.45, 2.75) is 51.2 Å². The van der Waals surface area contributed by atoms with E-state index in [0.717, 1.165) is 0 Å². The van der Waals surface area contributed by atoms with Crippen LogP contribution in [-0.4, -0.2) is 76.0 Å². The topological polar surface area (TPSA) is 146 Å². The second-order valence-electron chi connectivity index (χ2n) is 6.08. The van der Waals surface area contributed by atoms with Crippen LogP contribution in [0.15, 0.2) is 11.8 Å². The average Bonchev–Trinajstić information content (AvgIpc) is 2.51. The van der Waals surface area contributed by atoms with E-state index < -0.39 is 54.7 Å². The zero-order chi connectivity index (χ0) is 18.4. The number of nitrogens with one attached hydrogen (secondary N) is 1. The molecule has 24 heavy (non-hydrogen) atoms. The van der Waals surface area contributed by atoms with Crippen LogP contribution < -0.4 is 5.32 Å². The van der Waals surface area contributed by atoms with Gasteiger partial charge in [-0.1, -0.05) is 13.8 Å². The predicted molar refractivity (Wildman–Crippen MR) is 81.9 cm³/mol. The van der Waals surface area contributed by atoms with Gasteiger partial charge in [0.1, 0.15) is 18.3 Å². The molecule has 1 aliphatic heterocycles. The molecule has 5 atom stereocenters. The molecule has 9 nitrogen and oxygen atoms in total. The molecule has 1 aliphatic rings. The van der Waals surface area contributed by atoms with Crippen LogP contribution in [-0.2, 0) is 19.1 Å². The van der Waals surface area contributed by atoms with E-state index in [1.807, 2.05) is 13.8 Å². The summed E-state index contributed by atoms with van der Waals surface area (Å²) in [5.74, 6) is -2.12. The van der Waals surface area contributed by atoms with Gasteiger partial charge in [-0.05, 0) is 12.0 Å². The standard InChI is InChI=1S/C15H25NO8/c1-7(2)6-23-10-4-11(15(21)22)24-14(12(10)16-8(3)18)13(20)9(19)5-17/h4,7,9-10,12-14,17,19-20H,5-6H2,1-3H3,(H,16,18)(H,21,22)/t9?,10-,12+,13+,14+/m0/s1. The van der Waals surface area contributed by atoms with Crippen LogP contribution in [0.25, 0.3) is 0 Å². The first-order chi connectivity index (χ1) is 11.2. The summed E-state index contributed by atoms with van der Waals surface area (Å²) in [5, 5.41) is 40.5. The number of carboxylic acids is 1. The Balaban J connectivity index is 3.15. The van der Waals surface area contributed by atoms with Gasteiger partial charge in [-0.3, -0.25) is 4.79 Å². The number of carbonyl (C=O) groups excluding carboxylic acids is 1. The van der Waals surface area contributed by atoms with Gasteiger partial charge in [0.15, 0.2) is 6.10 Å². The fourth-order valence-corrected chi connectivity index (χ4v) is 2.28. The molecule has 0 saturated carbocycles. The Kier molecular flexibility index (Phi) is 7.61. The summed E-state index contributed by atoms with van der Waals surface area (Å²) in [5.41, 5.74) is 0. The van der Waals surface area contributed by atoms with Gasteiger partial charge in [-0.2, -0.15) is 0 Å². The van der Waals surface area contributed by atoms with Crippen molar-refractivity contribution in [3.8, 4) is 0 Å². The minimum Gasteiger partial charge on any atom is -0.478 e. The summed E-state index contributed by atoms with van der Waals surface area (Å²) < 4.78 is 10.9. The highest BCUT2D eigenvalue weighted by Gasteiger charge is 2.44. The molecule has 9 heteroatoms. The molecule has 0 aromatic carbocycles. The number of hydrogen-bond acceptors (Lipinski definition) is 7. The second kappa shape index (κ2) is 8.97. The Morgan fingerprint density at radius 1 is 1.38 bits per heavy atom. The van der Waals surface area contributed by atoms with Crippen molar-refractivity contribution in [2.24, 2.45) is 5.92 Å². The lowest BCUT2D eigenvalue weighted by Crippen LogP contribution is -2.60. The molecular weight excluding hydrogens is 322 g/mol. The summed E-state index contributed by atoms with van der Waals surface area (Å²) in [6.07, 6.45) is -4.16. The minimum absolute atomic E-state index is 0.152. The van der Waals surface area contributed by atoms with Gasteiger partial charge >= 0.3 is 5.97 Å². The van der Waals surface area contributed by atoms with Gasteiger partial charge in [0, 0.05) is 13.5 Å². The van der Waals surface area contributed by atoms with E-state index in [4.69, 9.17) is 19.7 Å². The Morgan fingerprint density at radius 3 is 2.46 bits per heavy atom. The monoisotopic (exact) mass is 347 g/mol. The molecule has 1 amide bonds. The van der Waals surface area contributed by atoms with E-state index in [0.29, 0.717) is 0 Å². The van der Waals surface area contributed by atoms with Crippen molar-refractivity contribution >= 4 is 11.9 Å². The molecule has 0 saturated heterocycles. The zero-order valence-electron chi connectivity index (χ0n) is 13.9. The number of carboxylic acid groups (broad SMARTS) is 1. The highest BCUT2D eigenvalue weighted by molar-refractivity contribution is 5.84. The summed E-state index contributed by atoms with van der Waals surface area (Å²) in [7, 11) is 0. The summed E-state index contributed by atoms with van der Waals surface area (Å²) in [6.45, 7) is 4.58. The lowest BCUT2D eigenvalue weighted by Gasteiger charge is -2.39. The SMILES string of the molecule is CC(=O)N[C@H]1[C@H]([C@H](O)C(O)CO)OC(C(=O)O)=C[C@@H]1OCC(C)C. The van der Waals surface area contributed by atoms with Gasteiger partial charge in [0.25, 0.3) is 0 Å². The maximum atomic E-state index is 11.5. The first kappa shape index (κ1) is 20.4. The summed E-state index contributed by atoms with van der Waals surface area (Å²) >= 11 is 0. The number of amides is 1. The van der Waals surface area contributed by atoms with Crippen molar-refractivity contribution < 1.29 is 39.5 Å². The quantitative estimate of drug-likeness (QED) is 0.361. The van der Waals surface area contributed by atoms with Gasteiger partial charge in [-0.15, -0.1) is 0 Å². The molecule has 0 aliphatic carbocycles. The smallest absolute Gasteiger partial charge is 0.370 e. The van der Waals surface area contributed by atoms with Crippen LogP contribution in [0.3, 0.4) is 0 Å². The van der Waals surface area contributed by atoms with Crippen LogP contribution in [0, 0.1) is 5.92 Å². The summed E-state index contributed by atoms with van der Waals surface area (Å²) in [4.78, 5) is 22.7. The molecule has 1 unspecified atom stereocenters. The molecule has 1 rings (SSSR count). The maximum Gasteiger partial charge on any atom is 0.370 e. The van der Waals surface area contributed by atoms with Crippen LogP contribution in [0.5, 0.6) is 0 Å². The number of carbonyl (C=O) groups is 2. The predicted octanol–water partition coefficient (Wildman–Crippen LogP) is -1.39. The Morgan fingerprint density at radius 2 is 2.00 bits per heavy atom. The lowest BCUT2D eigenvalue weighted by molar-refractivity contribution is -0.152. The molecular formula is C15H25NO8. The molecule has 0 bridgehead atoms. The largest absolute Gasteiger partial charge is 0.478 e. The third-order valence-electron chi connectivity index (χ3n) is 3.41.